The molecular formula is C13H26O5. The van der Waals surface area contributed by atoms with Gasteiger partial charge in [0.2, 0.25) is 0 Å². The molecule has 1 heterocycles. The standard InChI is InChI=1S/C13H26O5/c1-7(2)8(3)6-17-12-11(15)10(14)9(4)18-13(12)16-5/h7-15H,6H2,1-5H3. The molecule has 0 aromatic heterocycles. The summed E-state index contributed by atoms with van der Waals surface area (Å²) in [6.45, 7) is 8.53. The van der Waals surface area contributed by atoms with Crippen LogP contribution in [-0.2, 0) is 14.2 Å². The van der Waals surface area contributed by atoms with Crippen molar-refractivity contribution in [1.29, 1.82) is 0 Å². The van der Waals surface area contributed by atoms with Crippen molar-refractivity contribution in [2.45, 2.75) is 58.4 Å². The lowest BCUT2D eigenvalue weighted by Crippen LogP contribution is -2.58. The van der Waals surface area contributed by atoms with E-state index in [1.807, 2.05) is 0 Å². The molecule has 1 fully saturated rings. The molecule has 0 spiro atoms. The second kappa shape index (κ2) is 6.82. The smallest absolute Gasteiger partial charge is 0.186 e. The first kappa shape index (κ1) is 15.9. The number of methoxy groups -OCH3 is 1. The first-order valence-corrected chi connectivity index (χ1v) is 6.54. The van der Waals surface area contributed by atoms with Gasteiger partial charge in [0, 0.05) is 7.11 Å². The summed E-state index contributed by atoms with van der Waals surface area (Å²) in [7, 11) is 1.50. The Morgan fingerprint density at radius 1 is 1.17 bits per heavy atom. The number of rotatable bonds is 5. The third-order valence-electron chi connectivity index (χ3n) is 3.71. The van der Waals surface area contributed by atoms with Gasteiger partial charge in [0.1, 0.15) is 18.3 Å². The highest BCUT2D eigenvalue weighted by molar-refractivity contribution is 4.88. The van der Waals surface area contributed by atoms with Gasteiger partial charge in [0.05, 0.1) is 12.7 Å². The van der Waals surface area contributed by atoms with Crippen LogP contribution < -0.4 is 0 Å². The van der Waals surface area contributed by atoms with E-state index in [1.165, 1.54) is 7.11 Å². The highest BCUT2D eigenvalue weighted by Gasteiger charge is 2.43. The highest BCUT2D eigenvalue weighted by atomic mass is 16.7. The quantitative estimate of drug-likeness (QED) is 0.766. The van der Waals surface area contributed by atoms with Crippen molar-refractivity contribution < 1.29 is 24.4 Å². The normalized spacial score (nSPS) is 39.0. The van der Waals surface area contributed by atoms with E-state index in [0.717, 1.165) is 0 Å². The first-order chi connectivity index (χ1) is 8.38. The molecular weight excluding hydrogens is 236 g/mol. The van der Waals surface area contributed by atoms with Gasteiger partial charge in [0.15, 0.2) is 6.29 Å². The van der Waals surface area contributed by atoms with Crippen LogP contribution in [0.4, 0.5) is 0 Å². The fourth-order valence-corrected chi connectivity index (χ4v) is 1.82. The number of aliphatic hydroxyl groups excluding tert-OH is 2. The van der Waals surface area contributed by atoms with Crippen LogP contribution in [0.25, 0.3) is 0 Å². The van der Waals surface area contributed by atoms with E-state index in [4.69, 9.17) is 14.2 Å². The molecule has 18 heavy (non-hydrogen) atoms. The molecule has 6 unspecified atom stereocenters. The Kier molecular flexibility index (Phi) is 6.01. The van der Waals surface area contributed by atoms with Crippen LogP contribution >= 0.6 is 0 Å². The Bertz CT molecular complexity index is 244. The monoisotopic (exact) mass is 262 g/mol. The molecule has 0 bridgehead atoms. The van der Waals surface area contributed by atoms with Crippen LogP contribution in [-0.4, -0.2) is 54.6 Å². The number of hydrogen-bond donors (Lipinski definition) is 2. The van der Waals surface area contributed by atoms with E-state index < -0.39 is 30.7 Å². The van der Waals surface area contributed by atoms with E-state index in [-0.39, 0.29) is 0 Å². The minimum atomic E-state index is -0.988. The van der Waals surface area contributed by atoms with Crippen LogP contribution in [0.2, 0.25) is 0 Å². The molecule has 5 heteroatoms. The average molecular weight is 262 g/mol. The van der Waals surface area contributed by atoms with Gasteiger partial charge in [-0.25, -0.2) is 0 Å². The van der Waals surface area contributed by atoms with Crippen molar-refractivity contribution in [2.75, 3.05) is 13.7 Å². The largest absolute Gasteiger partial charge is 0.388 e. The van der Waals surface area contributed by atoms with E-state index in [2.05, 4.69) is 20.8 Å². The highest BCUT2D eigenvalue weighted by Crippen LogP contribution is 2.25. The molecule has 6 atom stereocenters. The van der Waals surface area contributed by atoms with Gasteiger partial charge in [-0.3, -0.25) is 0 Å². The van der Waals surface area contributed by atoms with E-state index in [1.54, 1.807) is 6.92 Å². The Labute approximate surface area is 109 Å². The molecule has 0 saturated carbocycles. The summed E-state index contributed by atoms with van der Waals surface area (Å²) in [5, 5.41) is 19.8. The van der Waals surface area contributed by atoms with Crippen LogP contribution in [0.3, 0.4) is 0 Å². The molecule has 0 aromatic carbocycles. The SMILES string of the molecule is COC1OC(C)C(O)C(O)C1OCC(C)C(C)C. The second-order valence-corrected chi connectivity index (χ2v) is 5.45. The second-order valence-electron chi connectivity index (χ2n) is 5.45. The van der Waals surface area contributed by atoms with Gasteiger partial charge in [0.25, 0.3) is 0 Å². The lowest BCUT2D eigenvalue weighted by molar-refractivity contribution is -0.297. The molecule has 1 aliphatic rings. The van der Waals surface area contributed by atoms with Crippen molar-refractivity contribution in [3.05, 3.63) is 0 Å². The predicted octanol–water partition coefficient (Wildman–Crippen LogP) is 0.777. The van der Waals surface area contributed by atoms with Gasteiger partial charge < -0.3 is 24.4 Å². The molecule has 1 saturated heterocycles. The summed E-state index contributed by atoms with van der Waals surface area (Å²) in [6, 6.07) is 0. The van der Waals surface area contributed by atoms with Crippen molar-refractivity contribution in [1.82, 2.24) is 0 Å². The van der Waals surface area contributed by atoms with Crippen molar-refractivity contribution in [3.8, 4) is 0 Å². The Balaban J connectivity index is 2.59. The number of aliphatic hydroxyl groups is 2. The fraction of sp³-hybridized carbons (Fsp3) is 1.00. The topological polar surface area (TPSA) is 68.2 Å². The van der Waals surface area contributed by atoms with Gasteiger partial charge in [-0.05, 0) is 18.8 Å². The summed E-state index contributed by atoms with van der Waals surface area (Å²) in [5.41, 5.74) is 0. The van der Waals surface area contributed by atoms with Crippen LogP contribution in [0.1, 0.15) is 27.7 Å². The average Bonchev–Trinajstić information content (AvgIpc) is 2.33. The summed E-state index contributed by atoms with van der Waals surface area (Å²) in [5.74, 6) is 0.864. The first-order valence-electron chi connectivity index (χ1n) is 6.54. The molecule has 0 amide bonds. The molecule has 1 aliphatic heterocycles. The maximum atomic E-state index is 10.0. The lowest BCUT2D eigenvalue weighted by Gasteiger charge is -2.41. The zero-order chi connectivity index (χ0) is 13.9. The van der Waals surface area contributed by atoms with Crippen molar-refractivity contribution >= 4 is 0 Å². The molecule has 0 radical (unpaired) electrons. The van der Waals surface area contributed by atoms with Crippen molar-refractivity contribution in [3.63, 3.8) is 0 Å². The maximum absolute atomic E-state index is 10.0. The van der Waals surface area contributed by atoms with Crippen molar-refractivity contribution in [2.24, 2.45) is 11.8 Å². The Morgan fingerprint density at radius 2 is 1.78 bits per heavy atom. The maximum Gasteiger partial charge on any atom is 0.186 e. The fourth-order valence-electron chi connectivity index (χ4n) is 1.82. The van der Waals surface area contributed by atoms with E-state index in [0.29, 0.717) is 18.4 Å². The minimum absolute atomic E-state index is 0.367. The van der Waals surface area contributed by atoms with E-state index >= 15 is 0 Å². The Hall–Kier alpha value is -0.200. The summed E-state index contributed by atoms with van der Waals surface area (Å²) >= 11 is 0. The minimum Gasteiger partial charge on any atom is -0.388 e. The summed E-state index contributed by atoms with van der Waals surface area (Å²) in [6.07, 6.45) is -3.69. The van der Waals surface area contributed by atoms with Gasteiger partial charge in [-0.2, -0.15) is 0 Å². The van der Waals surface area contributed by atoms with Crippen LogP contribution in [0, 0.1) is 11.8 Å². The number of hydrogen-bond acceptors (Lipinski definition) is 5. The molecule has 2 N–H and O–H groups in total. The third-order valence-corrected chi connectivity index (χ3v) is 3.71. The third kappa shape index (κ3) is 3.65. The molecule has 5 nitrogen and oxygen atoms in total. The van der Waals surface area contributed by atoms with Gasteiger partial charge >= 0.3 is 0 Å². The summed E-state index contributed by atoms with van der Waals surface area (Å²) < 4.78 is 16.3. The van der Waals surface area contributed by atoms with Gasteiger partial charge in [-0.15, -0.1) is 0 Å². The van der Waals surface area contributed by atoms with Gasteiger partial charge in [-0.1, -0.05) is 20.8 Å². The molecule has 0 aliphatic carbocycles. The zero-order valence-corrected chi connectivity index (χ0v) is 11.9. The molecule has 1 rings (SSSR count). The van der Waals surface area contributed by atoms with Crippen LogP contribution in [0.5, 0.6) is 0 Å². The molecule has 0 aromatic rings. The van der Waals surface area contributed by atoms with E-state index in [9.17, 15) is 10.2 Å². The molecule has 108 valence electrons. The van der Waals surface area contributed by atoms with Crippen LogP contribution in [0.15, 0.2) is 0 Å². The number of ether oxygens (including phenoxy) is 3. The summed E-state index contributed by atoms with van der Waals surface area (Å²) in [4.78, 5) is 0. The lowest BCUT2D eigenvalue weighted by atomic mass is 9.97. The Morgan fingerprint density at radius 3 is 2.28 bits per heavy atom. The zero-order valence-electron chi connectivity index (χ0n) is 11.9. The predicted molar refractivity (Wildman–Crippen MR) is 67.1 cm³/mol.